The van der Waals surface area contributed by atoms with Crippen molar-refractivity contribution < 1.29 is 9.47 Å². The zero-order valence-corrected chi connectivity index (χ0v) is 15.7. The molecule has 6 heteroatoms. The summed E-state index contributed by atoms with van der Waals surface area (Å²) in [5.74, 6) is 1.36. The SMILES string of the molecule is CCOc1cc2nc(CC)c(C#N)c(Nc3ccc(OC)cc3)c2cc1N. The van der Waals surface area contributed by atoms with E-state index in [0.717, 1.165) is 28.0 Å². The van der Waals surface area contributed by atoms with E-state index in [1.54, 1.807) is 13.2 Å². The molecule has 0 atom stereocenters. The van der Waals surface area contributed by atoms with Gasteiger partial charge < -0.3 is 20.5 Å². The summed E-state index contributed by atoms with van der Waals surface area (Å²) in [5, 5.41) is 13.9. The fourth-order valence-corrected chi connectivity index (χ4v) is 2.96. The number of nitrogens with one attached hydrogen (secondary N) is 1. The predicted molar refractivity (Wildman–Crippen MR) is 108 cm³/mol. The molecule has 27 heavy (non-hydrogen) atoms. The van der Waals surface area contributed by atoms with Crippen LogP contribution in [0.4, 0.5) is 17.1 Å². The van der Waals surface area contributed by atoms with Crippen molar-refractivity contribution in [3.8, 4) is 17.6 Å². The molecule has 3 aromatic rings. The number of rotatable bonds is 6. The van der Waals surface area contributed by atoms with E-state index in [1.165, 1.54) is 0 Å². The molecule has 0 spiro atoms. The zero-order chi connectivity index (χ0) is 19.4. The number of pyridine rings is 1. The number of hydrogen-bond donors (Lipinski definition) is 2. The van der Waals surface area contributed by atoms with Crippen LogP contribution in [0.5, 0.6) is 11.5 Å². The lowest BCUT2D eigenvalue weighted by atomic mass is 10.0. The van der Waals surface area contributed by atoms with Crippen molar-refractivity contribution in [2.45, 2.75) is 20.3 Å². The van der Waals surface area contributed by atoms with Crippen molar-refractivity contribution in [3.63, 3.8) is 0 Å². The second-order valence-corrected chi connectivity index (χ2v) is 5.97. The number of benzene rings is 2. The zero-order valence-electron chi connectivity index (χ0n) is 15.7. The van der Waals surface area contributed by atoms with Crippen LogP contribution in [-0.2, 0) is 6.42 Å². The van der Waals surface area contributed by atoms with Gasteiger partial charge in [0.15, 0.2) is 0 Å². The quantitative estimate of drug-likeness (QED) is 0.631. The number of nitrogens with two attached hydrogens (primary N) is 1. The topological polar surface area (TPSA) is 93.2 Å². The summed E-state index contributed by atoms with van der Waals surface area (Å²) in [6, 6.07) is 13.4. The second kappa shape index (κ2) is 7.83. The van der Waals surface area contributed by atoms with Gasteiger partial charge in [-0.25, -0.2) is 0 Å². The highest BCUT2D eigenvalue weighted by molar-refractivity contribution is 5.99. The number of aromatic nitrogens is 1. The van der Waals surface area contributed by atoms with E-state index in [9.17, 15) is 5.26 Å². The molecule has 0 radical (unpaired) electrons. The molecule has 138 valence electrons. The predicted octanol–water partition coefficient (Wildman–Crippen LogP) is 4.40. The van der Waals surface area contributed by atoms with Gasteiger partial charge in [-0.2, -0.15) is 5.26 Å². The minimum Gasteiger partial charge on any atom is -0.497 e. The fraction of sp³-hybridized carbons (Fsp3) is 0.238. The van der Waals surface area contributed by atoms with Gasteiger partial charge in [-0.1, -0.05) is 6.92 Å². The highest BCUT2D eigenvalue weighted by Crippen LogP contribution is 2.36. The summed E-state index contributed by atoms with van der Waals surface area (Å²) in [6.07, 6.45) is 0.643. The molecule has 1 aromatic heterocycles. The third-order valence-corrected chi connectivity index (χ3v) is 4.30. The van der Waals surface area contributed by atoms with E-state index < -0.39 is 0 Å². The molecule has 0 amide bonds. The Kier molecular flexibility index (Phi) is 5.32. The van der Waals surface area contributed by atoms with Crippen molar-refractivity contribution in [2.75, 3.05) is 24.8 Å². The van der Waals surface area contributed by atoms with E-state index in [4.69, 9.17) is 15.2 Å². The summed E-state index contributed by atoms with van der Waals surface area (Å²) < 4.78 is 10.8. The number of aryl methyl sites for hydroxylation is 1. The van der Waals surface area contributed by atoms with Gasteiger partial charge >= 0.3 is 0 Å². The van der Waals surface area contributed by atoms with Crippen LogP contribution in [-0.4, -0.2) is 18.7 Å². The Bertz CT molecular complexity index is 1010. The first-order chi connectivity index (χ1) is 13.1. The number of methoxy groups -OCH3 is 1. The molecule has 0 aliphatic heterocycles. The van der Waals surface area contributed by atoms with Crippen LogP contribution in [0, 0.1) is 11.3 Å². The van der Waals surface area contributed by atoms with Gasteiger partial charge in [-0.3, -0.25) is 4.98 Å². The summed E-state index contributed by atoms with van der Waals surface area (Å²) in [4.78, 5) is 4.66. The maximum absolute atomic E-state index is 9.75. The lowest BCUT2D eigenvalue weighted by Gasteiger charge is -2.16. The Labute approximate surface area is 158 Å². The number of ether oxygens (including phenoxy) is 2. The lowest BCUT2D eigenvalue weighted by molar-refractivity contribution is 0.342. The molecule has 0 aliphatic rings. The van der Waals surface area contributed by atoms with E-state index in [1.807, 2.05) is 44.2 Å². The molecule has 0 fully saturated rings. The number of anilines is 3. The molecule has 0 saturated carbocycles. The molecular weight excluding hydrogens is 340 g/mol. The molecule has 6 nitrogen and oxygen atoms in total. The minimum absolute atomic E-state index is 0.511. The molecule has 0 saturated heterocycles. The molecule has 3 N–H and O–H groups in total. The Morgan fingerprint density at radius 1 is 1.19 bits per heavy atom. The molecular formula is C21H22N4O2. The van der Waals surface area contributed by atoms with Gasteiger partial charge in [-0.05, 0) is 43.7 Å². The Balaban J connectivity index is 2.20. The van der Waals surface area contributed by atoms with Gasteiger partial charge in [0, 0.05) is 17.1 Å². The number of nitriles is 1. The maximum Gasteiger partial charge on any atom is 0.144 e. The summed E-state index contributed by atoms with van der Waals surface area (Å²) >= 11 is 0. The Morgan fingerprint density at radius 2 is 1.93 bits per heavy atom. The lowest BCUT2D eigenvalue weighted by Crippen LogP contribution is -2.04. The summed E-state index contributed by atoms with van der Waals surface area (Å²) in [7, 11) is 1.62. The standard InChI is InChI=1S/C21H22N4O2/c1-4-18-16(12-22)21(24-13-6-8-14(26-3)9-7-13)15-10-17(23)20(27-5-2)11-19(15)25-18/h6-11H,4-5,23H2,1-3H3,(H,24,25). The third-order valence-electron chi connectivity index (χ3n) is 4.30. The van der Waals surface area contributed by atoms with E-state index in [2.05, 4.69) is 16.4 Å². The first kappa shape index (κ1) is 18.3. The van der Waals surface area contributed by atoms with Crippen LogP contribution in [0.2, 0.25) is 0 Å². The molecule has 0 bridgehead atoms. The van der Waals surface area contributed by atoms with Crippen LogP contribution in [0.25, 0.3) is 10.9 Å². The van der Waals surface area contributed by atoms with Crippen LogP contribution in [0.15, 0.2) is 36.4 Å². The first-order valence-electron chi connectivity index (χ1n) is 8.81. The molecule has 3 rings (SSSR count). The van der Waals surface area contributed by atoms with Crippen LogP contribution < -0.4 is 20.5 Å². The molecule has 2 aromatic carbocycles. The molecule has 0 unspecified atom stereocenters. The van der Waals surface area contributed by atoms with Crippen molar-refractivity contribution in [2.24, 2.45) is 0 Å². The van der Waals surface area contributed by atoms with Gasteiger partial charge in [0.25, 0.3) is 0 Å². The largest absolute Gasteiger partial charge is 0.497 e. The first-order valence-corrected chi connectivity index (χ1v) is 8.81. The highest BCUT2D eigenvalue weighted by atomic mass is 16.5. The van der Waals surface area contributed by atoms with E-state index >= 15 is 0 Å². The monoisotopic (exact) mass is 362 g/mol. The van der Waals surface area contributed by atoms with Crippen LogP contribution >= 0.6 is 0 Å². The van der Waals surface area contributed by atoms with Gasteiger partial charge in [-0.15, -0.1) is 0 Å². The normalized spacial score (nSPS) is 10.4. The maximum atomic E-state index is 9.75. The van der Waals surface area contributed by atoms with Crippen molar-refractivity contribution >= 4 is 28.0 Å². The highest BCUT2D eigenvalue weighted by Gasteiger charge is 2.16. The molecule has 1 heterocycles. The fourth-order valence-electron chi connectivity index (χ4n) is 2.96. The van der Waals surface area contributed by atoms with Crippen LogP contribution in [0.3, 0.4) is 0 Å². The van der Waals surface area contributed by atoms with Gasteiger partial charge in [0.05, 0.1) is 41.9 Å². The minimum atomic E-state index is 0.511. The average Bonchev–Trinajstić information content (AvgIpc) is 2.69. The third kappa shape index (κ3) is 3.58. The van der Waals surface area contributed by atoms with Crippen molar-refractivity contribution in [1.29, 1.82) is 5.26 Å². The van der Waals surface area contributed by atoms with Crippen LogP contribution in [0.1, 0.15) is 25.1 Å². The Morgan fingerprint density at radius 3 is 2.52 bits per heavy atom. The summed E-state index contributed by atoms with van der Waals surface area (Å²) in [6.45, 7) is 4.40. The number of fused-ring (bicyclic) bond motifs is 1. The second-order valence-electron chi connectivity index (χ2n) is 5.97. The van der Waals surface area contributed by atoms with Gasteiger partial charge in [0.2, 0.25) is 0 Å². The Hall–Kier alpha value is -3.46. The number of nitrogen functional groups attached to an aromatic ring is 1. The van der Waals surface area contributed by atoms with Gasteiger partial charge in [0.1, 0.15) is 17.6 Å². The van der Waals surface area contributed by atoms with Crippen molar-refractivity contribution in [3.05, 3.63) is 47.7 Å². The average molecular weight is 362 g/mol. The molecule has 0 aliphatic carbocycles. The number of hydrogen-bond acceptors (Lipinski definition) is 6. The number of nitrogens with zero attached hydrogens (tertiary/aromatic N) is 2. The van der Waals surface area contributed by atoms with E-state index in [0.29, 0.717) is 35.7 Å². The summed E-state index contributed by atoms with van der Waals surface area (Å²) in [5.41, 5.74) is 10.2. The smallest absolute Gasteiger partial charge is 0.144 e. The van der Waals surface area contributed by atoms with E-state index in [-0.39, 0.29) is 0 Å². The van der Waals surface area contributed by atoms with Crippen molar-refractivity contribution in [1.82, 2.24) is 4.98 Å².